The fourth-order valence-corrected chi connectivity index (χ4v) is 4.96. The Labute approximate surface area is 219 Å². The minimum Gasteiger partial charge on any atom is -0.481 e. The third-order valence-corrected chi connectivity index (χ3v) is 6.64. The van der Waals surface area contributed by atoms with Crippen LogP contribution in [0.4, 0.5) is 5.69 Å². The van der Waals surface area contributed by atoms with Gasteiger partial charge < -0.3 is 31.1 Å². The number of nitrogens with one attached hydrogen (secondary N) is 2. The van der Waals surface area contributed by atoms with Gasteiger partial charge in [0.15, 0.2) is 13.1 Å². The molecule has 1 saturated heterocycles. The number of quaternary nitrogens is 1. The molecule has 1 aromatic carbocycles. The van der Waals surface area contributed by atoms with Crippen molar-refractivity contribution in [1.29, 1.82) is 5.41 Å². The molecule has 0 aromatic heterocycles. The number of nitrogen functional groups attached to an aromatic ring is 1. The largest absolute Gasteiger partial charge is 0.481 e. The van der Waals surface area contributed by atoms with Gasteiger partial charge in [-0.2, -0.15) is 0 Å². The fourth-order valence-electron chi connectivity index (χ4n) is 4.96. The lowest BCUT2D eigenvalue weighted by molar-refractivity contribution is -0.967. The lowest BCUT2D eigenvalue weighted by Crippen LogP contribution is -2.76. The van der Waals surface area contributed by atoms with Crippen molar-refractivity contribution in [2.45, 2.75) is 31.7 Å². The van der Waals surface area contributed by atoms with Crippen LogP contribution in [-0.4, -0.2) is 112 Å². The molecule has 1 heterocycles. The summed E-state index contributed by atoms with van der Waals surface area (Å²) >= 11 is 0. The number of carboxylic acid groups (broad SMARTS) is 3. The van der Waals surface area contributed by atoms with E-state index in [0.29, 0.717) is 11.3 Å². The van der Waals surface area contributed by atoms with Crippen molar-refractivity contribution in [2.75, 3.05) is 51.2 Å². The Kier molecular flexibility index (Phi) is 10.3. The van der Waals surface area contributed by atoms with Crippen molar-refractivity contribution in [3.63, 3.8) is 0 Å². The van der Waals surface area contributed by atoms with Crippen LogP contribution in [0.1, 0.15) is 31.7 Å². The molecule has 1 aliphatic heterocycles. The molecule has 14 heteroatoms. The summed E-state index contributed by atoms with van der Waals surface area (Å²) in [5.41, 5.74) is 4.73. The van der Waals surface area contributed by atoms with Crippen LogP contribution in [0.3, 0.4) is 0 Å². The van der Waals surface area contributed by atoms with Gasteiger partial charge in [0.25, 0.3) is 0 Å². The topological polar surface area (TPSA) is 220 Å². The van der Waals surface area contributed by atoms with Gasteiger partial charge in [-0.1, -0.05) is 0 Å². The maximum atomic E-state index is 12.5. The summed E-state index contributed by atoms with van der Waals surface area (Å²) in [5.74, 6) is -5.20. The van der Waals surface area contributed by atoms with Gasteiger partial charge in [0.1, 0.15) is 24.2 Å². The number of ether oxygens (including phenoxy) is 1. The van der Waals surface area contributed by atoms with Gasteiger partial charge >= 0.3 is 23.9 Å². The molecule has 1 unspecified atom stereocenters. The van der Waals surface area contributed by atoms with Crippen molar-refractivity contribution in [3.05, 3.63) is 29.8 Å². The van der Waals surface area contributed by atoms with Crippen LogP contribution in [0, 0.1) is 5.41 Å². The average Bonchev–Trinajstić information content (AvgIpc) is 2.79. The van der Waals surface area contributed by atoms with Crippen molar-refractivity contribution in [3.8, 4) is 0 Å². The number of anilines is 1. The molecule has 0 radical (unpaired) electrons. The van der Waals surface area contributed by atoms with Crippen LogP contribution in [-0.2, 0) is 28.7 Å². The Balaban J connectivity index is 2.27. The highest BCUT2D eigenvalue weighted by Gasteiger charge is 2.58. The number of nitrogens with two attached hydrogens (primary N) is 1. The number of nitrogens with zero attached hydrogens (tertiary/aromatic N) is 2. The summed E-state index contributed by atoms with van der Waals surface area (Å²) in [6, 6.07) is 6.34. The number of hydrogen-bond donors (Lipinski definition) is 6. The second-order valence-corrected chi connectivity index (χ2v) is 9.31. The number of carbonyl (C=O) groups excluding carboxylic acids is 2. The lowest BCUT2D eigenvalue weighted by atomic mass is 9.82. The summed E-state index contributed by atoms with van der Waals surface area (Å²) in [4.78, 5) is 62.4. The van der Waals surface area contributed by atoms with Crippen molar-refractivity contribution in [2.24, 2.45) is 5.73 Å². The molecule has 1 amide bonds. The summed E-state index contributed by atoms with van der Waals surface area (Å²) in [5, 5.41) is 39.2. The second kappa shape index (κ2) is 13.0. The molecule has 1 aromatic rings. The van der Waals surface area contributed by atoms with Crippen LogP contribution in [0.25, 0.3) is 0 Å². The molecule has 1 fully saturated rings. The van der Waals surface area contributed by atoms with Gasteiger partial charge in [-0.3, -0.25) is 29.2 Å². The standard InChI is InChI=1S/C24H33N5O9/c1-2-38-22(37)14-29(13-21(35)36)10-9-28(15-24(29,11-19(31)32)12-20(33)34)8-7-18(30)27-17-5-3-16(4-6-17)23(25)26/h3-6H,2,7-15H2,1H3,(H6-,25,26,27,30,31,32,33,34,35,36)/p+1. The zero-order valence-electron chi connectivity index (χ0n) is 21.1. The van der Waals surface area contributed by atoms with E-state index in [4.69, 9.17) is 15.9 Å². The monoisotopic (exact) mass is 536 g/mol. The molecule has 2 rings (SSSR count). The number of piperazine rings is 1. The van der Waals surface area contributed by atoms with E-state index in [1.165, 1.54) is 0 Å². The quantitative estimate of drug-likeness (QED) is 0.0788. The first kappa shape index (κ1) is 30.2. The Bertz CT molecular complexity index is 1060. The number of carbonyl (C=O) groups is 5. The van der Waals surface area contributed by atoms with Crippen molar-refractivity contribution in [1.82, 2.24) is 4.90 Å². The van der Waals surface area contributed by atoms with E-state index in [1.807, 2.05) is 0 Å². The number of rotatable bonds is 14. The molecular formula is C24H34N5O9+. The predicted molar refractivity (Wildman–Crippen MR) is 134 cm³/mol. The van der Waals surface area contributed by atoms with Gasteiger partial charge in [0, 0.05) is 30.8 Å². The van der Waals surface area contributed by atoms with E-state index >= 15 is 0 Å². The first-order valence-electron chi connectivity index (χ1n) is 12.0. The average molecular weight is 537 g/mol. The van der Waals surface area contributed by atoms with E-state index in [1.54, 1.807) is 36.1 Å². The molecule has 38 heavy (non-hydrogen) atoms. The van der Waals surface area contributed by atoms with Gasteiger partial charge in [-0.15, -0.1) is 0 Å². The van der Waals surface area contributed by atoms with E-state index in [-0.39, 0.29) is 50.9 Å². The molecule has 0 aliphatic carbocycles. The Morgan fingerprint density at radius 1 is 1.05 bits per heavy atom. The molecule has 1 aliphatic rings. The Morgan fingerprint density at radius 3 is 2.16 bits per heavy atom. The maximum absolute atomic E-state index is 12.5. The highest BCUT2D eigenvalue weighted by Crippen LogP contribution is 2.37. The summed E-state index contributed by atoms with van der Waals surface area (Å²) in [6.07, 6.45) is -1.41. The molecular weight excluding hydrogens is 502 g/mol. The van der Waals surface area contributed by atoms with Crippen LogP contribution < -0.4 is 11.1 Å². The lowest BCUT2D eigenvalue weighted by Gasteiger charge is -2.56. The number of amidine groups is 1. The summed E-state index contributed by atoms with van der Waals surface area (Å²) in [7, 11) is 0. The van der Waals surface area contributed by atoms with Crippen LogP contribution in [0.15, 0.2) is 24.3 Å². The SMILES string of the molecule is CCOC(=O)C[N+]1(CC(=O)O)CCN(CCC(=O)Nc2ccc(C(=N)N)cc2)CC1(CC(=O)O)CC(=O)O. The van der Waals surface area contributed by atoms with E-state index < -0.39 is 59.8 Å². The Hall–Kier alpha value is -4.04. The number of esters is 1. The van der Waals surface area contributed by atoms with Gasteiger partial charge in [0.2, 0.25) is 5.91 Å². The minimum absolute atomic E-state index is 0.0124. The fraction of sp³-hybridized carbons (Fsp3) is 0.500. The van der Waals surface area contributed by atoms with Crippen molar-refractivity contribution < 1.29 is 48.5 Å². The maximum Gasteiger partial charge on any atom is 0.361 e. The highest BCUT2D eigenvalue weighted by atomic mass is 16.5. The first-order valence-corrected chi connectivity index (χ1v) is 12.0. The molecule has 0 saturated carbocycles. The van der Waals surface area contributed by atoms with E-state index in [0.717, 1.165) is 0 Å². The Morgan fingerprint density at radius 2 is 1.66 bits per heavy atom. The summed E-state index contributed by atoms with van der Waals surface area (Å²) in [6.45, 7) is 0.602. The number of amides is 1. The smallest absolute Gasteiger partial charge is 0.361 e. The highest BCUT2D eigenvalue weighted by molar-refractivity contribution is 5.96. The minimum atomic E-state index is -1.67. The van der Waals surface area contributed by atoms with E-state index in [2.05, 4.69) is 5.32 Å². The van der Waals surface area contributed by atoms with Gasteiger partial charge in [-0.25, -0.2) is 9.59 Å². The molecule has 7 N–H and O–H groups in total. The number of hydrogen-bond acceptors (Lipinski definition) is 8. The number of carboxylic acids is 3. The van der Waals surface area contributed by atoms with Crippen LogP contribution >= 0.6 is 0 Å². The van der Waals surface area contributed by atoms with Gasteiger partial charge in [0.05, 0.1) is 19.7 Å². The second-order valence-electron chi connectivity index (χ2n) is 9.31. The molecule has 14 nitrogen and oxygen atoms in total. The molecule has 0 bridgehead atoms. The first-order chi connectivity index (χ1) is 17.8. The summed E-state index contributed by atoms with van der Waals surface area (Å²) < 4.78 is 4.42. The predicted octanol–water partition coefficient (Wildman–Crippen LogP) is -0.232. The van der Waals surface area contributed by atoms with Crippen LogP contribution in [0.2, 0.25) is 0 Å². The third kappa shape index (κ3) is 7.98. The zero-order valence-corrected chi connectivity index (χ0v) is 21.1. The normalized spacial score (nSPS) is 18.8. The van der Waals surface area contributed by atoms with Gasteiger partial charge in [-0.05, 0) is 31.2 Å². The molecule has 0 spiro atoms. The zero-order chi connectivity index (χ0) is 28.5. The van der Waals surface area contributed by atoms with Crippen molar-refractivity contribution >= 4 is 41.3 Å². The third-order valence-electron chi connectivity index (χ3n) is 6.64. The number of aliphatic carboxylic acids is 3. The van der Waals surface area contributed by atoms with Crippen LogP contribution in [0.5, 0.6) is 0 Å². The molecule has 208 valence electrons. The molecule has 1 atom stereocenters. The number of benzene rings is 1. The van der Waals surface area contributed by atoms with E-state index in [9.17, 15) is 39.3 Å².